The molecular formula is C11H17N5O2. The summed E-state index contributed by atoms with van der Waals surface area (Å²) in [7, 11) is 2.06. The van der Waals surface area contributed by atoms with Gasteiger partial charge in [-0.1, -0.05) is 0 Å². The highest BCUT2D eigenvalue weighted by atomic mass is 16.6. The van der Waals surface area contributed by atoms with E-state index in [1.165, 1.54) is 12.1 Å². The number of nitrogen functional groups attached to an aromatic ring is 1. The highest BCUT2D eigenvalue weighted by molar-refractivity contribution is 5.53. The first-order valence-electron chi connectivity index (χ1n) is 5.91. The second-order valence-corrected chi connectivity index (χ2v) is 4.64. The van der Waals surface area contributed by atoms with E-state index in [9.17, 15) is 10.1 Å². The summed E-state index contributed by atoms with van der Waals surface area (Å²) in [5.74, 6) is 0.637. The van der Waals surface area contributed by atoms with Gasteiger partial charge in [-0.2, -0.15) is 0 Å². The second-order valence-electron chi connectivity index (χ2n) is 4.64. The molecule has 1 unspecified atom stereocenters. The zero-order valence-electron chi connectivity index (χ0n) is 10.3. The third-order valence-corrected chi connectivity index (χ3v) is 3.02. The van der Waals surface area contributed by atoms with Gasteiger partial charge >= 0.3 is 0 Å². The lowest BCUT2D eigenvalue weighted by atomic mass is 10.1. The van der Waals surface area contributed by atoms with Crippen molar-refractivity contribution >= 4 is 17.3 Å². The van der Waals surface area contributed by atoms with Crippen LogP contribution in [0.15, 0.2) is 12.1 Å². The molecule has 1 aliphatic rings. The molecule has 3 N–H and O–H groups in total. The molecule has 98 valence electrons. The lowest BCUT2D eigenvalue weighted by Gasteiger charge is -2.30. The topological polar surface area (TPSA) is 97.3 Å². The van der Waals surface area contributed by atoms with Gasteiger partial charge in [-0.15, -0.1) is 0 Å². The molecule has 18 heavy (non-hydrogen) atoms. The van der Waals surface area contributed by atoms with Crippen molar-refractivity contribution in [2.24, 2.45) is 0 Å². The zero-order valence-corrected chi connectivity index (χ0v) is 10.3. The van der Waals surface area contributed by atoms with Crippen LogP contribution in [-0.4, -0.2) is 41.0 Å². The van der Waals surface area contributed by atoms with E-state index in [0.29, 0.717) is 5.82 Å². The van der Waals surface area contributed by atoms with Gasteiger partial charge in [-0.3, -0.25) is 10.1 Å². The van der Waals surface area contributed by atoms with Gasteiger partial charge in [-0.05, 0) is 26.4 Å². The molecule has 0 aromatic carbocycles. The number of piperidine rings is 1. The highest BCUT2D eigenvalue weighted by Crippen LogP contribution is 2.21. The standard InChI is InChI=1S/C11H17N5O2/c1-15-4-2-3-8(7-15)13-11-6-9(16(17)18)5-10(12)14-11/h5-6,8H,2-4,7H2,1H3,(H3,12,13,14). The molecule has 1 atom stereocenters. The molecule has 7 nitrogen and oxygen atoms in total. The van der Waals surface area contributed by atoms with Crippen molar-refractivity contribution in [1.29, 1.82) is 0 Å². The molecule has 0 bridgehead atoms. The van der Waals surface area contributed by atoms with Crippen LogP contribution in [0.1, 0.15) is 12.8 Å². The third kappa shape index (κ3) is 3.07. The van der Waals surface area contributed by atoms with Gasteiger partial charge in [0.15, 0.2) is 0 Å². The summed E-state index contributed by atoms with van der Waals surface area (Å²) in [5.41, 5.74) is 5.53. The van der Waals surface area contributed by atoms with Crippen LogP contribution < -0.4 is 11.1 Å². The van der Waals surface area contributed by atoms with Gasteiger partial charge in [0, 0.05) is 12.6 Å². The van der Waals surface area contributed by atoms with Crippen LogP contribution in [0.3, 0.4) is 0 Å². The van der Waals surface area contributed by atoms with Crippen molar-refractivity contribution in [1.82, 2.24) is 9.88 Å². The number of nitrogens with one attached hydrogen (secondary N) is 1. The number of rotatable bonds is 3. The van der Waals surface area contributed by atoms with Crippen LogP contribution >= 0.6 is 0 Å². The number of hydrogen-bond donors (Lipinski definition) is 2. The molecule has 2 heterocycles. The number of likely N-dealkylation sites (tertiary alicyclic amines) is 1. The summed E-state index contributed by atoms with van der Waals surface area (Å²) in [6.45, 7) is 1.99. The SMILES string of the molecule is CN1CCCC(Nc2cc([N+](=O)[O-])cc(N)n2)C1. The summed E-state index contributed by atoms with van der Waals surface area (Å²) >= 11 is 0. The molecule has 0 aliphatic carbocycles. The molecular weight excluding hydrogens is 234 g/mol. The van der Waals surface area contributed by atoms with E-state index in [4.69, 9.17) is 5.73 Å². The van der Waals surface area contributed by atoms with Crippen molar-refractivity contribution in [3.63, 3.8) is 0 Å². The second kappa shape index (κ2) is 5.18. The van der Waals surface area contributed by atoms with Crippen LogP contribution in [0.25, 0.3) is 0 Å². The zero-order chi connectivity index (χ0) is 13.1. The van der Waals surface area contributed by atoms with Gasteiger partial charge in [0.2, 0.25) is 0 Å². The Balaban J connectivity index is 2.10. The predicted molar refractivity (Wildman–Crippen MR) is 69.4 cm³/mol. The van der Waals surface area contributed by atoms with Crippen LogP contribution in [-0.2, 0) is 0 Å². The maximum atomic E-state index is 10.7. The molecule has 1 saturated heterocycles. The number of nitrogens with two attached hydrogens (primary N) is 1. The molecule has 0 amide bonds. The number of nitrogens with zero attached hydrogens (tertiary/aromatic N) is 3. The average molecular weight is 251 g/mol. The quantitative estimate of drug-likeness (QED) is 0.616. The Morgan fingerprint density at radius 1 is 1.61 bits per heavy atom. The molecule has 0 radical (unpaired) electrons. The number of anilines is 2. The van der Waals surface area contributed by atoms with E-state index in [0.717, 1.165) is 25.9 Å². The Labute approximate surface area is 105 Å². The first kappa shape index (κ1) is 12.6. The van der Waals surface area contributed by atoms with E-state index in [1.807, 2.05) is 0 Å². The molecule has 1 aromatic heterocycles. The molecule has 1 aromatic rings. The lowest BCUT2D eigenvalue weighted by Crippen LogP contribution is -2.39. The summed E-state index contributed by atoms with van der Waals surface area (Å²) in [5, 5.41) is 13.9. The first-order chi connectivity index (χ1) is 8.54. The highest BCUT2D eigenvalue weighted by Gasteiger charge is 2.18. The maximum Gasteiger partial charge on any atom is 0.276 e. The number of nitro groups is 1. The van der Waals surface area contributed by atoms with Crippen molar-refractivity contribution in [3.8, 4) is 0 Å². The smallest absolute Gasteiger partial charge is 0.276 e. The fraction of sp³-hybridized carbons (Fsp3) is 0.545. The molecule has 7 heteroatoms. The predicted octanol–water partition coefficient (Wildman–Crippen LogP) is 1.08. The average Bonchev–Trinajstić information content (AvgIpc) is 2.28. The van der Waals surface area contributed by atoms with Gasteiger partial charge in [0.05, 0.1) is 17.1 Å². The lowest BCUT2D eigenvalue weighted by molar-refractivity contribution is -0.384. The van der Waals surface area contributed by atoms with Crippen LogP contribution in [0, 0.1) is 10.1 Å². The molecule has 0 saturated carbocycles. The normalized spacial score (nSPS) is 20.6. The molecule has 1 fully saturated rings. The van der Waals surface area contributed by atoms with E-state index in [1.54, 1.807) is 0 Å². The maximum absolute atomic E-state index is 10.7. The fourth-order valence-corrected chi connectivity index (χ4v) is 2.21. The van der Waals surface area contributed by atoms with Crippen LogP contribution in [0.2, 0.25) is 0 Å². The Hall–Kier alpha value is -1.89. The van der Waals surface area contributed by atoms with E-state index >= 15 is 0 Å². The Morgan fingerprint density at radius 2 is 2.39 bits per heavy atom. The first-order valence-corrected chi connectivity index (χ1v) is 5.91. The number of aromatic nitrogens is 1. The van der Waals surface area contributed by atoms with Gasteiger partial charge < -0.3 is 16.0 Å². The monoisotopic (exact) mass is 251 g/mol. The van der Waals surface area contributed by atoms with Crippen molar-refractivity contribution < 1.29 is 4.92 Å². The minimum atomic E-state index is -0.462. The van der Waals surface area contributed by atoms with E-state index in [-0.39, 0.29) is 17.5 Å². The van der Waals surface area contributed by atoms with Gasteiger partial charge in [0.25, 0.3) is 5.69 Å². The molecule has 2 rings (SSSR count). The van der Waals surface area contributed by atoms with Crippen LogP contribution in [0.4, 0.5) is 17.3 Å². The van der Waals surface area contributed by atoms with E-state index < -0.39 is 4.92 Å². The van der Waals surface area contributed by atoms with Crippen molar-refractivity contribution in [2.45, 2.75) is 18.9 Å². The largest absolute Gasteiger partial charge is 0.383 e. The molecule has 1 aliphatic heterocycles. The van der Waals surface area contributed by atoms with Crippen molar-refractivity contribution in [3.05, 3.63) is 22.2 Å². The van der Waals surface area contributed by atoms with E-state index in [2.05, 4.69) is 22.2 Å². The Kier molecular flexibility index (Phi) is 3.61. The minimum absolute atomic E-state index is 0.0332. The van der Waals surface area contributed by atoms with Gasteiger partial charge in [-0.25, -0.2) is 4.98 Å². The number of likely N-dealkylation sites (N-methyl/N-ethyl adjacent to an activating group) is 1. The fourth-order valence-electron chi connectivity index (χ4n) is 2.21. The summed E-state index contributed by atoms with van der Waals surface area (Å²) in [6.07, 6.45) is 2.15. The summed E-state index contributed by atoms with van der Waals surface area (Å²) in [6, 6.07) is 2.95. The van der Waals surface area contributed by atoms with Crippen LogP contribution in [0.5, 0.6) is 0 Å². The summed E-state index contributed by atoms with van der Waals surface area (Å²) in [4.78, 5) is 16.6. The number of hydrogen-bond acceptors (Lipinski definition) is 6. The third-order valence-electron chi connectivity index (χ3n) is 3.02. The Bertz CT molecular complexity index is 451. The summed E-state index contributed by atoms with van der Waals surface area (Å²) < 4.78 is 0. The molecule has 0 spiro atoms. The van der Waals surface area contributed by atoms with Gasteiger partial charge in [0.1, 0.15) is 11.6 Å². The number of pyridine rings is 1. The Morgan fingerprint density at radius 3 is 3.06 bits per heavy atom. The minimum Gasteiger partial charge on any atom is -0.383 e. The van der Waals surface area contributed by atoms with Crippen molar-refractivity contribution in [2.75, 3.05) is 31.2 Å².